The fraction of sp³-hybridized carbons (Fsp3) is 0.469. The van der Waals surface area contributed by atoms with Gasteiger partial charge >= 0.3 is 18.2 Å². The molecule has 3 aromatic heterocycles. The van der Waals surface area contributed by atoms with Crippen LogP contribution in [-0.2, 0) is 30.3 Å². The molecular formula is C49H63F2N9O9. The van der Waals surface area contributed by atoms with Crippen LogP contribution in [0.2, 0.25) is 0 Å². The summed E-state index contributed by atoms with van der Waals surface area (Å²) in [5.41, 5.74) is 1.60. The SMILES string of the molecule is CCOc1cc(F)c(Cn2nc(-c3ncc(OCCCOC(=O)[C@H](C)NC(=O)[C@H](CCCCNC(=O)OC(C)(C)C)NC(=O)OC(C)(C)C)c(Nc4cc(C)ncc4C)n3)c3ccccc32)c(F)c1. The Labute approximate surface area is 400 Å². The second kappa shape index (κ2) is 23.7. The normalized spacial score (nSPS) is 12.4. The molecule has 5 aromatic rings. The summed E-state index contributed by atoms with van der Waals surface area (Å²) in [6.45, 7) is 17.6. The van der Waals surface area contributed by atoms with Crippen LogP contribution in [0.25, 0.3) is 22.4 Å². The number of ether oxygens (including phenoxy) is 5. The van der Waals surface area contributed by atoms with Crippen molar-refractivity contribution >= 4 is 46.5 Å². The quantitative estimate of drug-likeness (QED) is 0.0309. The van der Waals surface area contributed by atoms with Gasteiger partial charge in [0.1, 0.15) is 46.4 Å². The third-order valence-corrected chi connectivity index (χ3v) is 9.95. The molecule has 0 saturated heterocycles. The molecule has 0 unspecified atom stereocenters. The topological polar surface area (TPSA) is 219 Å². The third kappa shape index (κ3) is 16.0. The summed E-state index contributed by atoms with van der Waals surface area (Å²) in [4.78, 5) is 64.9. The highest BCUT2D eigenvalue weighted by Gasteiger charge is 2.28. The number of para-hydroxylation sites is 1. The van der Waals surface area contributed by atoms with E-state index < -0.39 is 59.0 Å². The Kier molecular flexibility index (Phi) is 18.2. The summed E-state index contributed by atoms with van der Waals surface area (Å²) in [7, 11) is 0. The van der Waals surface area contributed by atoms with Crippen molar-refractivity contribution < 1.29 is 51.6 Å². The highest BCUT2D eigenvalue weighted by atomic mass is 19.1. The molecule has 5 rings (SSSR count). The van der Waals surface area contributed by atoms with Gasteiger partial charge in [0.15, 0.2) is 17.4 Å². The van der Waals surface area contributed by atoms with Crippen LogP contribution in [-0.4, -0.2) is 98.4 Å². The lowest BCUT2D eigenvalue weighted by Gasteiger charge is -2.24. The summed E-state index contributed by atoms with van der Waals surface area (Å²) in [6, 6.07) is 9.25. The van der Waals surface area contributed by atoms with Crippen LogP contribution in [0.1, 0.15) is 97.9 Å². The fourth-order valence-electron chi connectivity index (χ4n) is 6.72. The molecule has 0 aliphatic heterocycles. The van der Waals surface area contributed by atoms with E-state index in [1.54, 1.807) is 66.8 Å². The van der Waals surface area contributed by atoms with E-state index in [0.717, 1.165) is 23.4 Å². The Bertz CT molecular complexity index is 2570. The lowest BCUT2D eigenvalue weighted by Crippen LogP contribution is -2.51. The number of nitrogens with zero attached hydrogens (tertiary/aromatic N) is 5. The maximum absolute atomic E-state index is 15.2. The molecule has 372 valence electrons. The average molecular weight is 960 g/mol. The number of aryl methyl sites for hydroxylation is 2. The lowest BCUT2D eigenvalue weighted by atomic mass is 10.1. The second-order valence-corrected chi connectivity index (χ2v) is 18.2. The number of alkyl carbamates (subject to hydrolysis) is 2. The molecule has 20 heteroatoms. The van der Waals surface area contributed by atoms with Crippen molar-refractivity contribution in [3.8, 4) is 23.0 Å². The first-order chi connectivity index (χ1) is 32.6. The molecule has 0 aliphatic carbocycles. The lowest BCUT2D eigenvalue weighted by molar-refractivity contribution is -0.147. The number of benzene rings is 2. The van der Waals surface area contributed by atoms with E-state index in [2.05, 4.69) is 31.2 Å². The van der Waals surface area contributed by atoms with Crippen LogP contribution >= 0.6 is 0 Å². The van der Waals surface area contributed by atoms with Crippen molar-refractivity contribution in [2.45, 2.75) is 125 Å². The predicted molar refractivity (Wildman–Crippen MR) is 254 cm³/mol. The summed E-state index contributed by atoms with van der Waals surface area (Å²) in [5.74, 6) is -2.00. The van der Waals surface area contributed by atoms with Crippen LogP contribution in [0.5, 0.6) is 11.5 Å². The van der Waals surface area contributed by atoms with Crippen LogP contribution < -0.4 is 30.7 Å². The first-order valence-electron chi connectivity index (χ1n) is 22.8. The molecule has 0 radical (unpaired) electrons. The zero-order valence-corrected chi connectivity index (χ0v) is 40.9. The Morgan fingerprint density at radius 3 is 2.22 bits per heavy atom. The van der Waals surface area contributed by atoms with E-state index >= 15 is 8.78 Å². The summed E-state index contributed by atoms with van der Waals surface area (Å²) >= 11 is 0. The Morgan fingerprint density at radius 1 is 0.826 bits per heavy atom. The number of unbranched alkanes of at least 4 members (excludes halogenated alkanes) is 1. The van der Waals surface area contributed by atoms with E-state index in [9.17, 15) is 19.2 Å². The summed E-state index contributed by atoms with van der Waals surface area (Å²) < 4.78 is 59.4. The first-order valence-corrected chi connectivity index (χ1v) is 22.8. The minimum atomic E-state index is -1.07. The van der Waals surface area contributed by atoms with Crippen LogP contribution in [0, 0.1) is 25.5 Å². The smallest absolute Gasteiger partial charge is 0.408 e. The van der Waals surface area contributed by atoms with Gasteiger partial charge < -0.3 is 45.0 Å². The number of carbonyl (C=O) groups is 4. The molecular weight excluding hydrogens is 897 g/mol. The van der Waals surface area contributed by atoms with Gasteiger partial charge in [0.05, 0.1) is 38.1 Å². The van der Waals surface area contributed by atoms with Gasteiger partial charge in [-0.1, -0.05) is 18.2 Å². The average Bonchev–Trinajstić information content (AvgIpc) is 3.62. The number of carbonyl (C=O) groups excluding carboxylic acids is 4. The molecule has 18 nitrogen and oxygen atoms in total. The number of esters is 1. The van der Waals surface area contributed by atoms with Gasteiger partial charge in [-0.25, -0.2) is 33.1 Å². The summed E-state index contributed by atoms with van der Waals surface area (Å²) in [5, 5.41) is 16.6. The zero-order valence-electron chi connectivity index (χ0n) is 40.9. The fourth-order valence-corrected chi connectivity index (χ4v) is 6.72. The molecule has 0 saturated carbocycles. The van der Waals surface area contributed by atoms with E-state index in [1.807, 2.05) is 32.0 Å². The zero-order chi connectivity index (χ0) is 50.5. The van der Waals surface area contributed by atoms with Crippen molar-refractivity contribution in [2.24, 2.45) is 0 Å². The van der Waals surface area contributed by atoms with Crippen molar-refractivity contribution in [1.29, 1.82) is 0 Å². The molecule has 2 atom stereocenters. The molecule has 2 aromatic carbocycles. The van der Waals surface area contributed by atoms with Crippen LogP contribution in [0.3, 0.4) is 0 Å². The third-order valence-electron chi connectivity index (χ3n) is 9.95. The van der Waals surface area contributed by atoms with Gasteiger partial charge in [0.2, 0.25) is 5.91 Å². The van der Waals surface area contributed by atoms with Crippen molar-refractivity contribution in [2.75, 3.05) is 31.7 Å². The van der Waals surface area contributed by atoms with Gasteiger partial charge in [-0.15, -0.1) is 0 Å². The number of rotatable bonds is 21. The number of anilines is 2. The number of halogens is 2. The molecule has 3 amide bonds. The number of fused-ring (bicyclic) bond motifs is 1. The van der Waals surface area contributed by atoms with Gasteiger partial charge in [0.25, 0.3) is 0 Å². The van der Waals surface area contributed by atoms with Gasteiger partial charge in [-0.05, 0) is 106 Å². The minimum absolute atomic E-state index is 0.0629. The minimum Gasteiger partial charge on any atom is -0.494 e. The molecule has 0 bridgehead atoms. The van der Waals surface area contributed by atoms with Crippen molar-refractivity contribution in [1.82, 2.24) is 40.7 Å². The standard InChI is InChI=1S/C49H63F2N9O9/c1-11-65-32-24-35(50)34(36(51)25-32)28-60-39-19-13-12-17-33(39)41(59-60)43-54-27-40(42(58-43)56-38-23-30(3)53-26-29(38)2)66-21-16-22-67-45(62)31(4)55-44(61)37(57-47(64)69-49(8,9)10)18-14-15-20-52-46(63)68-48(5,6)7/h12-13,17,19,23-27,31,37H,11,14-16,18,20-22,28H2,1-10H3,(H,52,63)(H,55,61)(H,57,64)(H,53,54,56,58)/t31-,37-/m0/s1. The summed E-state index contributed by atoms with van der Waals surface area (Å²) in [6.07, 6.45) is 3.19. The number of hydrogen-bond donors (Lipinski definition) is 4. The highest BCUT2D eigenvalue weighted by Crippen LogP contribution is 2.33. The molecule has 0 fully saturated rings. The van der Waals surface area contributed by atoms with E-state index in [4.69, 9.17) is 33.8 Å². The molecule has 0 spiro atoms. The van der Waals surface area contributed by atoms with Crippen LogP contribution in [0.15, 0.2) is 54.9 Å². The van der Waals surface area contributed by atoms with E-state index in [1.165, 1.54) is 17.8 Å². The molecule has 4 N–H and O–H groups in total. The Hall–Kier alpha value is -7.12. The van der Waals surface area contributed by atoms with E-state index in [-0.39, 0.29) is 74.5 Å². The molecule has 0 aliphatic rings. The second-order valence-electron chi connectivity index (χ2n) is 18.2. The van der Waals surface area contributed by atoms with Crippen molar-refractivity contribution in [3.05, 3.63) is 83.3 Å². The number of aromatic nitrogens is 5. The number of amides is 3. The number of nitrogens with one attached hydrogen (secondary N) is 4. The van der Waals surface area contributed by atoms with E-state index in [0.29, 0.717) is 35.1 Å². The Morgan fingerprint density at radius 2 is 1.52 bits per heavy atom. The highest BCUT2D eigenvalue weighted by molar-refractivity contribution is 5.92. The van der Waals surface area contributed by atoms with Gasteiger partial charge in [0, 0.05) is 53.6 Å². The maximum atomic E-state index is 15.2. The molecule has 3 heterocycles. The number of hydrogen-bond acceptors (Lipinski definition) is 14. The first kappa shape index (κ1) is 52.8. The Balaban J connectivity index is 1.23. The largest absolute Gasteiger partial charge is 0.494 e. The molecule has 69 heavy (non-hydrogen) atoms. The predicted octanol–water partition coefficient (Wildman–Crippen LogP) is 8.38. The van der Waals surface area contributed by atoms with Gasteiger partial charge in [-0.3, -0.25) is 14.5 Å². The van der Waals surface area contributed by atoms with Crippen molar-refractivity contribution in [3.63, 3.8) is 0 Å². The number of pyridine rings is 1. The van der Waals surface area contributed by atoms with Crippen LogP contribution in [0.4, 0.5) is 29.9 Å². The maximum Gasteiger partial charge on any atom is 0.408 e. The van der Waals surface area contributed by atoms with Gasteiger partial charge in [-0.2, -0.15) is 5.10 Å². The monoisotopic (exact) mass is 959 g/mol.